The molecule has 1 fully saturated rings. The lowest BCUT2D eigenvalue weighted by atomic mass is 10.1. The fourth-order valence-electron chi connectivity index (χ4n) is 2.95. The van der Waals surface area contributed by atoms with Gasteiger partial charge >= 0.3 is 0 Å². The maximum absolute atomic E-state index is 13.3. The lowest BCUT2D eigenvalue weighted by Gasteiger charge is -2.25. The first-order valence-electron chi connectivity index (χ1n) is 8.11. The van der Waals surface area contributed by atoms with Crippen molar-refractivity contribution in [3.63, 3.8) is 0 Å². The fraction of sp³-hybridized carbons (Fsp3) is 0.278. The number of likely N-dealkylation sites (tertiary alicyclic amines) is 1. The molecule has 1 aliphatic heterocycles. The Balaban J connectivity index is 1.71. The Morgan fingerprint density at radius 3 is 2.92 bits per heavy atom. The zero-order valence-corrected chi connectivity index (χ0v) is 14.6. The van der Waals surface area contributed by atoms with Crippen molar-refractivity contribution in [3.8, 4) is 5.75 Å². The highest BCUT2D eigenvalue weighted by Gasteiger charge is 2.30. The van der Waals surface area contributed by atoms with Gasteiger partial charge < -0.3 is 15.4 Å². The monoisotopic (exact) mass is 377 g/mol. The standard InChI is InChI=1S/C18H17ClFN3O3/c19-13-9-11(5-6-14(13)20)18(25)23-8-2-3-12(23)10-26-15-4-1-7-22-16(15)17(21)24/h1,4-7,9,12H,2-3,8,10H2,(H2,21,24)/t12-/m1/s1. The molecule has 1 atom stereocenters. The molecule has 2 N–H and O–H groups in total. The molecule has 136 valence electrons. The second-order valence-electron chi connectivity index (χ2n) is 5.95. The molecule has 0 saturated carbocycles. The molecular weight excluding hydrogens is 361 g/mol. The first-order chi connectivity index (χ1) is 12.5. The zero-order chi connectivity index (χ0) is 18.7. The number of carbonyl (C=O) groups is 2. The molecule has 6 nitrogen and oxygen atoms in total. The van der Waals surface area contributed by atoms with Crippen LogP contribution < -0.4 is 10.5 Å². The van der Waals surface area contributed by atoms with Crippen molar-refractivity contribution < 1.29 is 18.7 Å². The van der Waals surface area contributed by atoms with Gasteiger partial charge in [-0.1, -0.05) is 11.6 Å². The summed E-state index contributed by atoms with van der Waals surface area (Å²) >= 11 is 5.77. The molecule has 0 bridgehead atoms. The van der Waals surface area contributed by atoms with E-state index in [0.29, 0.717) is 12.1 Å². The molecule has 1 saturated heterocycles. The van der Waals surface area contributed by atoms with Crippen LogP contribution in [-0.4, -0.2) is 40.9 Å². The summed E-state index contributed by atoms with van der Waals surface area (Å²) in [4.78, 5) is 29.7. The van der Waals surface area contributed by atoms with E-state index in [4.69, 9.17) is 22.1 Å². The summed E-state index contributed by atoms with van der Waals surface area (Å²) in [5.41, 5.74) is 5.66. The minimum atomic E-state index is -0.680. The van der Waals surface area contributed by atoms with Crippen LogP contribution in [0.3, 0.4) is 0 Å². The Morgan fingerprint density at radius 2 is 2.19 bits per heavy atom. The van der Waals surface area contributed by atoms with Crippen molar-refractivity contribution in [2.24, 2.45) is 5.73 Å². The van der Waals surface area contributed by atoms with Gasteiger partial charge in [-0.3, -0.25) is 9.59 Å². The SMILES string of the molecule is NC(=O)c1ncccc1OC[C@H]1CCCN1C(=O)c1ccc(F)c(Cl)c1. The number of amides is 2. The van der Waals surface area contributed by atoms with Crippen LogP contribution in [0.4, 0.5) is 4.39 Å². The molecule has 0 unspecified atom stereocenters. The number of ether oxygens (including phenoxy) is 1. The molecule has 8 heteroatoms. The van der Waals surface area contributed by atoms with Crippen LogP contribution in [0.5, 0.6) is 5.75 Å². The number of benzene rings is 1. The third-order valence-electron chi connectivity index (χ3n) is 4.24. The number of halogens is 2. The molecule has 2 heterocycles. The topological polar surface area (TPSA) is 85.5 Å². The third-order valence-corrected chi connectivity index (χ3v) is 4.53. The lowest BCUT2D eigenvalue weighted by Crippen LogP contribution is -2.39. The molecule has 2 amide bonds. The number of rotatable bonds is 5. The number of hydrogen-bond acceptors (Lipinski definition) is 4. The van der Waals surface area contributed by atoms with Gasteiger partial charge in [0.2, 0.25) is 0 Å². The predicted molar refractivity (Wildman–Crippen MR) is 93.7 cm³/mol. The first-order valence-corrected chi connectivity index (χ1v) is 8.49. The minimum absolute atomic E-state index is 0.0497. The largest absolute Gasteiger partial charge is 0.489 e. The molecular formula is C18H17ClFN3O3. The summed E-state index contributed by atoms with van der Waals surface area (Å²) < 4.78 is 19.0. The molecule has 1 aromatic carbocycles. The van der Waals surface area contributed by atoms with Crippen molar-refractivity contribution in [2.75, 3.05) is 13.2 Å². The van der Waals surface area contributed by atoms with Crippen LogP contribution in [0.25, 0.3) is 0 Å². The molecule has 2 aromatic rings. The maximum atomic E-state index is 13.3. The summed E-state index contributed by atoms with van der Waals surface area (Å²) in [6.45, 7) is 0.768. The van der Waals surface area contributed by atoms with Crippen LogP contribution in [0.1, 0.15) is 33.7 Å². The molecule has 0 aliphatic carbocycles. The highest BCUT2D eigenvalue weighted by molar-refractivity contribution is 6.31. The zero-order valence-electron chi connectivity index (χ0n) is 13.8. The molecule has 26 heavy (non-hydrogen) atoms. The number of nitrogens with two attached hydrogens (primary N) is 1. The third kappa shape index (κ3) is 3.77. The van der Waals surface area contributed by atoms with Gasteiger partial charge in [0.1, 0.15) is 12.4 Å². The first kappa shape index (κ1) is 18.1. The lowest BCUT2D eigenvalue weighted by molar-refractivity contribution is 0.0689. The fourth-order valence-corrected chi connectivity index (χ4v) is 3.13. The molecule has 1 aromatic heterocycles. The van der Waals surface area contributed by atoms with Crippen LogP contribution >= 0.6 is 11.6 Å². The average molecular weight is 378 g/mol. The summed E-state index contributed by atoms with van der Waals surface area (Å²) in [7, 11) is 0. The van der Waals surface area contributed by atoms with Crippen LogP contribution in [0, 0.1) is 5.82 Å². The summed E-state index contributed by atoms with van der Waals surface area (Å²) in [6, 6.07) is 6.97. The quantitative estimate of drug-likeness (QED) is 0.868. The van der Waals surface area contributed by atoms with Gasteiger partial charge in [0, 0.05) is 18.3 Å². The van der Waals surface area contributed by atoms with Gasteiger partial charge in [-0.25, -0.2) is 9.37 Å². The van der Waals surface area contributed by atoms with E-state index in [2.05, 4.69) is 4.98 Å². The second kappa shape index (κ2) is 7.70. The minimum Gasteiger partial charge on any atom is -0.489 e. The van der Waals surface area contributed by atoms with E-state index in [-0.39, 0.29) is 35.0 Å². The normalized spacial score (nSPS) is 16.5. The highest BCUT2D eigenvalue weighted by Crippen LogP contribution is 2.24. The summed E-state index contributed by atoms with van der Waals surface area (Å²) in [5, 5.41) is -0.0932. The smallest absolute Gasteiger partial charge is 0.271 e. The van der Waals surface area contributed by atoms with E-state index in [1.165, 1.54) is 24.4 Å². The molecule has 3 rings (SSSR count). The van der Waals surface area contributed by atoms with Crippen molar-refractivity contribution in [1.29, 1.82) is 0 Å². The van der Waals surface area contributed by atoms with Crippen LogP contribution in [0.15, 0.2) is 36.5 Å². The van der Waals surface area contributed by atoms with E-state index >= 15 is 0 Å². The van der Waals surface area contributed by atoms with E-state index in [0.717, 1.165) is 12.8 Å². The van der Waals surface area contributed by atoms with Gasteiger partial charge in [0.25, 0.3) is 11.8 Å². The van der Waals surface area contributed by atoms with Gasteiger partial charge in [-0.2, -0.15) is 0 Å². The van der Waals surface area contributed by atoms with Gasteiger partial charge in [-0.15, -0.1) is 0 Å². The Morgan fingerprint density at radius 1 is 1.38 bits per heavy atom. The predicted octanol–water partition coefficient (Wildman–Crippen LogP) is 2.66. The Kier molecular flexibility index (Phi) is 5.37. The number of aromatic nitrogens is 1. The van der Waals surface area contributed by atoms with E-state index in [9.17, 15) is 14.0 Å². The average Bonchev–Trinajstić information content (AvgIpc) is 3.10. The molecule has 0 radical (unpaired) electrons. The Hall–Kier alpha value is -2.67. The Bertz CT molecular complexity index is 846. The number of carbonyl (C=O) groups excluding carboxylic acids is 2. The number of primary amides is 1. The number of hydrogen-bond donors (Lipinski definition) is 1. The Labute approximate surface area is 154 Å². The van der Waals surface area contributed by atoms with E-state index in [1.807, 2.05) is 0 Å². The van der Waals surface area contributed by atoms with E-state index < -0.39 is 11.7 Å². The van der Waals surface area contributed by atoms with Gasteiger partial charge in [0.05, 0.1) is 11.1 Å². The highest BCUT2D eigenvalue weighted by atomic mass is 35.5. The summed E-state index contributed by atoms with van der Waals surface area (Å²) in [5.74, 6) is -1.20. The molecule has 0 spiro atoms. The van der Waals surface area contributed by atoms with Crippen molar-refractivity contribution >= 4 is 23.4 Å². The van der Waals surface area contributed by atoms with Crippen LogP contribution in [0.2, 0.25) is 5.02 Å². The maximum Gasteiger partial charge on any atom is 0.271 e. The molecule has 1 aliphatic rings. The van der Waals surface area contributed by atoms with Crippen molar-refractivity contribution in [3.05, 3.63) is 58.6 Å². The van der Waals surface area contributed by atoms with E-state index in [1.54, 1.807) is 17.0 Å². The number of pyridine rings is 1. The second-order valence-corrected chi connectivity index (χ2v) is 6.36. The van der Waals surface area contributed by atoms with Gasteiger partial charge in [0.15, 0.2) is 11.4 Å². The number of nitrogens with zero attached hydrogens (tertiary/aromatic N) is 2. The van der Waals surface area contributed by atoms with Crippen LogP contribution in [-0.2, 0) is 0 Å². The van der Waals surface area contributed by atoms with Crippen molar-refractivity contribution in [1.82, 2.24) is 9.88 Å². The summed E-state index contributed by atoms with van der Waals surface area (Å²) in [6.07, 6.45) is 3.04. The van der Waals surface area contributed by atoms with Gasteiger partial charge in [-0.05, 0) is 43.2 Å². The van der Waals surface area contributed by atoms with Crippen molar-refractivity contribution in [2.45, 2.75) is 18.9 Å².